The van der Waals surface area contributed by atoms with Crippen LogP contribution in [0.15, 0.2) is 76.2 Å². The molecule has 3 aromatic rings. The van der Waals surface area contributed by atoms with Gasteiger partial charge in [-0.05, 0) is 55.3 Å². The second-order valence-corrected chi connectivity index (χ2v) is 9.38. The number of rotatable bonds is 7. The Morgan fingerprint density at radius 3 is 2.68 bits per heavy atom. The molecule has 2 aliphatic heterocycles. The number of allylic oxidation sites excluding steroid dienone is 1. The third-order valence-electron chi connectivity index (χ3n) is 5.94. The van der Waals surface area contributed by atoms with E-state index in [2.05, 4.69) is 11.6 Å². The van der Waals surface area contributed by atoms with Gasteiger partial charge in [0.25, 0.3) is 5.56 Å². The zero-order chi connectivity index (χ0) is 25.9. The number of aromatic nitrogens is 1. The molecule has 1 aromatic heterocycles. The Hall–Kier alpha value is -4.11. The Labute approximate surface area is 217 Å². The normalized spacial score (nSPS) is 16.6. The summed E-state index contributed by atoms with van der Waals surface area (Å²) < 4.78 is 24.3. The maximum Gasteiger partial charge on any atom is 0.338 e. The highest BCUT2D eigenvalue weighted by Gasteiger charge is 2.33. The molecule has 3 heterocycles. The molecule has 190 valence electrons. The topological polar surface area (TPSA) is 88.4 Å². The predicted octanol–water partition coefficient (Wildman–Crippen LogP) is 3.13. The Balaban J connectivity index is 1.63. The fraction of sp³-hybridized carbons (Fsp3) is 0.250. The number of fused-ring (bicyclic) bond motifs is 2. The highest BCUT2D eigenvalue weighted by atomic mass is 32.1. The van der Waals surface area contributed by atoms with Crippen LogP contribution >= 0.6 is 11.3 Å². The molecular formula is C28H26N2O6S. The van der Waals surface area contributed by atoms with Crippen LogP contribution in [0.5, 0.6) is 17.2 Å². The summed E-state index contributed by atoms with van der Waals surface area (Å²) in [6.07, 6.45) is 3.47. The van der Waals surface area contributed by atoms with Crippen LogP contribution in [0.1, 0.15) is 31.0 Å². The number of nitrogens with zero attached hydrogens (tertiary/aromatic N) is 2. The highest BCUT2D eigenvalue weighted by Crippen LogP contribution is 2.32. The number of thiazole rings is 1. The van der Waals surface area contributed by atoms with Crippen LogP contribution in [0.3, 0.4) is 0 Å². The maximum absolute atomic E-state index is 13.7. The van der Waals surface area contributed by atoms with Crippen LogP contribution in [0.25, 0.3) is 6.08 Å². The molecule has 8 nitrogen and oxygen atoms in total. The van der Waals surface area contributed by atoms with Crippen molar-refractivity contribution in [2.75, 3.05) is 26.4 Å². The van der Waals surface area contributed by atoms with Crippen molar-refractivity contribution in [1.82, 2.24) is 4.57 Å². The third-order valence-corrected chi connectivity index (χ3v) is 6.93. The zero-order valence-corrected chi connectivity index (χ0v) is 21.4. The summed E-state index contributed by atoms with van der Waals surface area (Å²) in [5.74, 6) is 1.49. The first-order chi connectivity index (χ1) is 18.0. The van der Waals surface area contributed by atoms with Gasteiger partial charge in [0.15, 0.2) is 16.3 Å². The van der Waals surface area contributed by atoms with E-state index >= 15 is 0 Å². The molecule has 5 rings (SSSR count). The molecule has 0 saturated carbocycles. The van der Waals surface area contributed by atoms with Crippen LogP contribution in [0.2, 0.25) is 0 Å². The van der Waals surface area contributed by atoms with E-state index in [0.717, 1.165) is 11.1 Å². The van der Waals surface area contributed by atoms with E-state index < -0.39 is 12.0 Å². The number of benzene rings is 2. The Morgan fingerprint density at radius 1 is 1.19 bits per heavy atom. The van der Waals surface area contributed by atoms with Crippen molar-refractivity contribution in [2.24, 2.45) is 4.99 Å². The highest BCUT2D eigenvalue weighted by molar-refractivity contribution is 7.07. The Morgan fingerprint density at radius 2 is 1.95 bits per heavy atom. The second-order valence-electron chi connectivity index (χ2n) is 8.37. The fourth-order valence-corrected chi connectivity index (χ4v) is 5.36. The van der Waals surface area contributed by atoms with Gasteiger partial charge in [0, 0.05) is 0 Å². The van der Waals surface area contributed by atoms with Crippen LogP contribution in [-0.2, 0) is 9.53 Å². The molecule has 37 heavy (non-hydrogen) atoms. The first-order valence-electron chi connectivity index (χ1n) is 11.9. The number of hydrogen-bond donors (Lipinski definition) is 0. The summed E-state index contributed by atoms with van der Waals surface area (Å²) in [4.78, 5) is 31.9. The van der Waals surface area contributed by atoms with Crippen molar-refractivity contribution in [3.05, 3.63) is 97.2 Å². The van der Waals surface area contributed by atoms with Gasteiger partial charge in [-0.15, -0.1) is 0 Å². The van der Waals surface area contributed by atoms with Gasteiger partial charge in [0.2, 0.25) is 0 Å². The summed E-state index contributed by atoms with van der Waals surface area (Å²) >= 11 is 1.27. The zero-order valence-electron chi connectivity index (χ0n) is 20.6. The minimum Gasteiger partial charge on any atom is -0.490 e. The molecule has 0 N–H and O–H groups in total. The molecule has 0 aliphatic carbocycles. The number of hydrogen-bond acceptors (Lipinski definition) is 8. The summed E-state index contributed by atoms with van der Waals surface area (Å²) in [5.41, 5.74) is 2.15. The van der Waals surface area contributed by atoms with Gasteiger partial charge >= 0.3 is 5.97 Å². The van der Waals surface area contributed by atoms with E-state index in [-0.39, 0.29) is 12.2 Å². The molecular weight excluding hydrogens is 492 g/mol. The van der Waals surface area contributed by atoms with Gasteiger partial charge in [-0.3, -0.25) is 9.36 Å². The Bertz CT molecular complexity index is 1570. The quantitative estimate of drug-likeness (QED) is 0.353. The van der Waals surface area contributed by atoms with E-state index in [4.69, 9.17) is 18.9 Å². The van der Waals surface area contributed by atoms with E-state index in [9.17, 15) is 9.59 Å². The number of esters is 1. The molecule has 0 unspecified atom stereocenters. The van der Waals surface area contributed by atoms with E-state index in [1.165, 1.54) is 11.3 Å². The molecule has 0 fully saturated rings. The van der Waals surface area contributed by atoms with Crippen LogP contribution in [0.4, 0.5) is 0 Å². The largest absolute Gasteiger partial charge is 0.490 e. The minimum atomic E-state index is -0.689. The first kappa shape index (κ1) is 24.6. The molecule has 0 amide bonds. The van der Waals surface area contributed by atoms with Crippen molar-refractivity contribution in [1.29, 1.82) is 0 Å². The average Bonchev–Trinajstić information content (AvgIpc) is 3.21. The van der Waals surface area contributed by atoms with Crippen LogP contribution in [0, 0.1) is 0 Å². The third kappa shape index (κ3) is 4.82. The van der Waals surface area contributed by atoms with Crippen molar-refractivity contribution in [3.63, 3.8) is 0 Å². The lowest BCUT2D eigenvalue weighted by Crippen LogP contribution is -2.39. The van der Waals surface area contributed by atoms with E-state index in [1.807, 2.05) is 42.5 Å². The van der Waals surface area contributed by atoms with Crippen LogP contribution < -0.4 is 29.1 Å². The van der Waals surface area contributed by atoms with Crippen molar-refractivity contribution >= 4 is 23.4 Å². The average molecular weight is 519 g/mol. The SMILES string of the molecule is C=CCOc1ccc([C@@H]2C(C(=O)OCC)=C(C)N=c3s/c(=C\c4ccc5c(c4)OCCO5)c(=O)n32)cc1. The van der Waals surface area contributed by atoms with Gasteiger partial charge in [0.05, 0.1) is 28.5 Å². The van der Waals surface area contributed by atoms with Gasteiger partial charge in [-0.25, -0.2) is 9.79 Å². The summed E-state index contributed by atoms with van der Waals surface area (Å²) in [6.45, 7) is 8.75. The van der Waals surface area contributed by atoms with Crippen molar-refractivity contribution in [3.8, 4) is 17.2 Å². The molecule has 0 radical (unpaired) electrons. The number of ether oxygens (including phenoxy) is 4. The van der Waals surface area contributed by atoms with Crippen molar-refractivity contribution in [2.45, 2.75) is 19.9 Å². The van der Waals surface area contributed by atoms with Gasteiger partial charge in [-0.2, -0.15) is 0 Å². The summed E-state index contributed by atoms with van der Waals surface area (Å²) in [5, 5.41) is 0. The minimum absolute atomic E-state index is 0.213. The maximum atomic E-state index is 13.7. The summed E-state index contributed by atoms with van der Waals surface area (Å²) in [6, 6.07) is 12.2. The lowest BCUT2D eigenvalue weighted by atomic mass is 9.96. The lowest BCUT2D eigenvalue weighted by Gasteiger charge is -2.24. The molecule has 2 aromatic carbocycles. The van der Waals surface area contributed by atoms with Gasteiger partial charge in [-0.1, -0.05) is 42.2 Å². The first-order valence-corrected chi connectivity index (χ1v) is 12.7. The second kappa shape index (κ2) is 10.5. The fourth-order valence-electron chi connectivity index (χ4n) is 4.31. The number of carbonyl (C=O) groups is 1. The molecule has 0 bridgehead atoms. The van der Waals surface area contributed by atoms with Crippen molar-refractivity contribution < 1.29 is 23.7 Å². The molecule has 2 aliphatic rings. The molecule has 0 saturated heterocycles. The monoisotopic (exact) mass is 518 g/mol. The molecule has 0 spiro atoms. The van der Waals surface area contributed by atoms with Crippen LogP contribution in [-0.4, -0.2) is 37.0 Å². The van der Waals surface area contributed by atoms with E-state index in [0.29, 0.717) is 57.7 Å². The van der Waals surface area contributed by atoms with Gasteiger partial charge in [0.1, 0.15) is 25.6 Å². The Kier molecular flexibility index (Phi) is 6.96. The predicted molar refractivity (Wildman–Crippen MR) is 140 cm³/mol. The smallest absolute Gasteiger partial charge is 0.338 e. The standard InChI is InChI=1S/C28H26N2O6S/c1-4-12-34-20-9-7-19(8-10-20)25-24(27(32)33-5-2)17(3)29-28-30(25)26(31)23(37-28)16-18-6-11-21-22(15-18)36-14-13-35-21/h4,6-11,15-16,25H,1,5,12-14H2,2-3H3/b23-16-/t25-/m1/s1. The lowest BCUT2D eigenvalue weighted by molar-refractivity contribution is -0.139. The number of carbonyl (C=O) groups excluding carboxylic acids is 1. The van der Waals surface area contributed by atoms with E-state index in [1.54, 1.807) is 30.6 Å². The molecule has 9 heteroatoms. The van der Waals surface area contributed by atoms with Gasteiger partial charge < -0.3 is 18.9 Å². The summed E-state index contributed by atoms with van der Waals surface area (Å²) in [7, 11) is 0. The molecule has 1 atom stereocenters.